The first-order valence-electron chi connectivity index (χ1n) is 11.8. The van der Waals surface area contributed by atoms with Crippen LogP contribution in [-0.2, 0) is 20.7 Å². The lowest BCUT2D eigenvalue weighted by atomic mass is 9.80. The Hall–Kier alpha value is -2.41. The largest absolute Gasteiger partial charge is 0.481 e. The maximum absolute atomic E-state index is 12.4. The third kappa shape index (κ3) is 12.4. The maximum atomic E-state index is 12.4. The second-order valence-electron chi connectivity index (χ2n) is 10.0. The Kier molecular flexibility index (Phi) is 12.1. The second kappa shape index (κ2) is 14.0. The fraction of sp³-hybridized carbons (Fsp3) is 0.654. The van der Waals surface area contributed by atoms with Crippen molar-refractivity contribution in [1.82, 2.24) is 5.32 Å². The first-order chi connectivity index (χ1) is 15.4. The Morgan fingerprint density at radius 3 is 2.09 bits per heavy atom. The molecular formula is C26H41NO6. The number of ketones is 1. The first-order valence-corrected chi connectivity index (χ1v) is 11.8. The summed E-state index contributed by atoms with van der Waals surface area (Å²) in [5.74, 6) is -1.55. The lowest BCUT2D eigenvalue weighted by Crippen LogP contribution is -2.51. The number of rotatable bonds is 8. The van der Waals surface area contributed by atoms with Crippen molar-refractivity contribution in [2.75, 3.05) is 0 Å². The lowest BCUT2D eigenvalue weighted by Gasteiger charge is -2.33. The van der Waals surface area contributed by atoms with Gasteiger partial charge in [0.25, 0.3) is 0 Å². The number of hydrogen-bond donors (Lipinski definition) is 3. The van der Waals surface area contributed by atoms with E-state index in [-0.39, 0.29) is 12.2 Å². The van der Waals surface area contributed by atoms with Crippen LogP contribution in [0.1, 0.15) is 78.7 Å². The van der Waals surface area contributed by atoms with Crippen molar-refractivity contribution in [3.63, 3.8) is 0 Å². The molecule has 0 aromatic heterocycles. The smallest absolute Gasteiger partial charge is 0.407 e. The lowest BCUT2D eigenvalue weighted by molar-refractivity contribution is -0.146. The number of aliphatic hydroxyl groups excluding tert-OH is 1. The Morgan fingerprint density at radius 2 is 1.61 bits per heavy atom. The molecule has 0 radical (unpaired) electrons. The number of carboxylic acids is 1. The Labute approximate surface area is 197 Å². The number of alkyl carbamates (subject to hydrolysis) is 1. The zero-order valence-electron chi connectivity index (χ0n) is 20.7. The van der Waals surface area contributed by atoms with Crippen molar-refractivity contribution in [3.05, 3.63) is 35.9 Å². The van der Waals surface area contributed by atoms with E-state index in [9.17, 15) is 24.6 Å². The third-order valence-corrected chi connectivity index (χ3v) is 5.45. The van der Waals surface area contributed by atoms with E-state index < -0.39 is 35.7 Å². The number of amides is 1. The van der Waals surface area contributed by atoms with Gasteiger partial charge in [0.05, 0.1) is 18.1 Å². The summed E-state index contributed by atoms with van der Waals surface area (Å²) >= 11 is 0. The molecule has 0 saturated heterocycles. The molecule has 7 nitrogen and oxygen atoms in total. The van der Waals surface area contributed by atoms with Crippen LogP contribution in [0.15, 0.2) is 30.3 Å². The summed E-state index contributed by atoms with van der Waals surface area (Å²) in [7, 11) is 0. The molecule has 1 aromatic rings. The van der Waals surface area contributed by atoms with Crippen molar-refractivity contribution in [3.8, 4) is 0 Å². The first kappa shape index (κ1) is 28.6. The van der Waals surface area contributed by atoms with E-state index in [0.29, 0.717) is 12.3 Å². The fourth-order valence-electron chi connectivity index (χ4n) is 4.03. The Morgan fingerprint density at radius 1 is 1.06 bits per heavy atom. The summed E-state index contributed by atoms with van der Waals surface area (Å²) < 4.78 is 5.36. The van der Waals surface area contributed by atoms with E-state index in [1.807, 2.05) is 30.3 Å². The van der Waals surface area contributed by atoms with Crippen LogP contribution in [0, 0.1) is 11.8 Å². The molecule has 33 heavy (non-hydrogen) atoms. The highest BCUT2D eigenvalue weighted by atomic mass is 16.6. The summed E-state index contributed by atoms with van der Waals surface area (Å²) in [6.07, 6.45) is 4.47. The molecule has 0 heterocycles. The molecular weight excluding hydrogens is 422 g/mol. The quantitative estimate of drug-likeness (QED) is 0.513. The molecule has 0 unspecified atom stereocenters. The van der Waals surface area contributed by atoms with Crippen LogP contribution in [-0.4, -0.2) is 45.8 Å². The van der Waals surface area contributed by atoms with E-state index in [0.717, 1.165) is 31.2 Å². The van der Waals surface area contributed by atoms with Gasteiger partial charge in [0.1, 0.15) is 11.4 Å². The summed E-state index contributed by atoms with van der Waals surface area (Å²) in [4.78, 5) is 33.8. The summed E-state index contributed by atoms with van der Waals surface area (Å²) in [6.45, 7) is 8.37. The number of carbonyl (C=O) groups excluding carboxylic acids is 2. The van der Waals surface area contributed by atoms with Crippen LogP contribution in [0.25, 0.3) is 0 Å². The molecule has 2 rings (SSSR count). The Bertz CT molecular complexity index is 733. The topological polar surface area (TPSA) is 113 Å². The van der Waals surface area contributed by atoms with Crippen molar-refractivity contribution in [2.24, 2.45) is 11.8 Å². The second-order valence-corrected chi connectivity index (χ2v) is 10.0. The minimum Gasteiger partial charge on any atom is -0.481 e. The Balaban J connectivity index is 0.00000125. The molecule has 0 aliphatic heterocycles. The van der Waals surface area contributed by atoms with Gasteiger partial charge in [-0.2, -0.15) is 0 Å². The molecule has 1 fully saturated rings. The van der Waals surface area contributed by atoms with Gasteiger partial charge in [-0.1, -0.05) is 62.4 Å². The number of aliphatic carboxylic acids is 1. The van der Waals surface area contributed by atoms with Crippen LogP contribution >= 0.6 is 0 Å². The predicted molar refractivity (Wildman–Crippen MR) is 128 cm³/mol. The minimum atomic E-state index is -1.21. The maximum Gasteiger partial charge on any atom is 0.407 e. The van der Waals surface area contributed by atoms with Crippen LogP contribution in [0.3, 0.4) is 0 Å². The van der Waals surface area contributed by atoms with Gasteiger partial charge >= 0.3 is 12.1 Å². The SMILES string of the molecule is CC(C)(C)OC(=O)N[C@H](CC1CCCCC1)[C@@H](O)[C@@H](Cc1ccccc1)C(=O)O.CC(C)=O. The predicted octanol–water partition coefficient (Wildman–Crippen LogP) is 4.75. The standard InChI is InChI=1S/C23H35NO5.C3H6O/c1-23(2,3)29-22(28)24-19(15-17-12-8-5-9-13-17)20(25)18(21(26)27)14-16-10-6-4-7-11-16;1-3(2)4/h4,6-7,10-11,17-20,25H,5,8-9,12-15H2,1-3H3,(H,24,28)(H,26,27);1-2H3/t18-,19-,20+;/m1./s1. The van der Waals surface area contributed by atoms with Gasteiger partial charge in [0.15, 0.2) is 0 Å². The molecule has 7 heteroatoms. The molecule has 0 spiro atoms. The number of Topliss-reactive ketones (excluding diaryl/α,β-unsaturated/α-hetero) is 1. The van der Waals surface area contributed by atoms with E-state index in [1.165, 1.54) is 20.3 Å². The molecule has 1 aromatic carbocycles. The molecule has 1 aliphatic rings. The van der Waals surface area contributed by atoms with Gasteiger partial charge in [-0.15, -0.1) is 0 Å². The number of ether oxygens (including phenoxy) is 1. The summed E-state index contributed by atoms with van der Waals surface area (Å²) in [6, 6.07) is 8.59. The number of benzene rings is 1. The third-order valence-electron chi connectivity index (χ3n) is 5.45. The van der Waals surface area contributed by atoms with Gasteiger partial charge in [-0.3, -0.25) is 4.79 Å². The highest BCUT2D eigenvalue weighted by Gasteiger charge is 2.36. The number of carboxylic acid groups (broad SMARTS) is 1. The van der Waals surface area contributed by atoms with Crippen molar-refractivity contribution >= 4 is 17.8 Å². The molecule has 1 saturated carbocycles. The van der Waals surface area contributed by atoms with E-state index in [2.05, 4.69) is 5.32 Å². The van der Waals surface area contributed by atoms with Crippen molar-refractivity contribution in [1.29, 1.82) is 0 Å². The molecule has 0 bridgehead atoms. The number of carbonyl (C=O) groups is 3. The highest BCUT2D eigenvalue weighted by Crippen LogP contribution is 2.29. The molecule has 186 valence electrons. The minimum absolute atomic E-state index is 0.167. The van der Waals surface area contributed by atoms with Gasteiger partial charge in [-0.25, -0.2) is 4.79 Å². The monoisotopic (exact) mass is 463 g/mol. The van der Waals surface area contributed by atoms with E-state index in [4.69, 9.17) is 4.74 Å². The van der Waals surface area contributed by atoms with Crippen molar-refractivity contribution in [2.45, 2.75) is 97.3 Å². The van der Waals surface area contributed by atoms with Gasteiger partial charge < -0.3 is 25.1 Å². The average molecular weight is 464 g/mol. The molecule has 1 amide bonds. The van der Waals surface area contributed by atoms with Crippen LogP contribution in [0.5, 0.6) is 0 Å². The summed E-state index contributed by atoms with van der Waals surface area (Å²) in [5.41, 5.74) is 0.174. The van der Waals surface area contributed by atoms with Crippen molar-refractivity contribution < 1.29 is 29.3 Å². The average Bonchev–Trinajstić information content (AvgIpc) is 2.70. The van der Waals surface area contributed by atoms with Crippen LogP contribution in [0.4, 0.5) is 4.79 Å². The van der Waals surface area contributed by atoms with Gasteiger partial charge in [0.2, 0.25) is 0 Å². The number of nitrogens with one attached hydrogen (secondary N) is 1. The highest BCUT2D eigenvalue weighted by molar-refractivity contribution is 5.72. The number of hydrogen-bond acceptors (Lipinski definition) is 5. The van der Waals surface area contributed by atoms with Gasteiger partial charge in [-0.05, 0) is 58.9 Å². The fourth-order valence-corrected chi connectivity index (χ4v) is 4.03. The van der Waals surface area contributed by atoms with Crippen LogP contribution < -0.4 is 5.32 Å². The van der Waals surface area contributed by atoms with E-state index in [1.54, 1.807) is 20.8 Å². The van der Waals surface area contributed by atoms with Gasteiger partial charge in [0, 0.05) is 0 Å². The van der Waals surface area contributed by atoms with Crippen LogP contribution in [0.2, 0.25) is 0 Å². The molecule has 3 atom stereocenters. The number of aliphatic hydroxyl groups is 1. The summed E-state index contributed by atoms with van der Waals surface area (Å²) in [5, 5.41) is 23.6. The van der Waals surface area contributed by atoms with E-state index >= 15 is 0 Å². The molecule has 3 N–H and O–H groups in total. The zero-order chi connectivity index (χ0) is 25.0. The molecule has 1 aliphatic carbocycles. The zero-order valence-corrected chi connectivity index (χ0v) is 20.7. The normalized spacial score (nSPS) is 17.0.